The smallest absolute Gasteiger partial charge is 0.0245 e. The van der Waals surface area contributed by atoms with Gasteiger partial charge in [0, 0.05) is 11.5 Å². The Morgan fingerprint density at radius 3 is 2.16 bits per heavy atom. The Labute approximate surface area is 119 Å². The zero-order chi connectivity index (χ0) is 13.9. The number of hydrogen-bond acceptors (Lipinski definition) is 0. The molecule has 0 aliphatic rings. The van der Waals surface area contributed by atoms with E-state index in [2.05, 4.69) is 56.9 Å². The summed E-state index contributed by atoms with van der Waals surface area (Å²) < 4.78 is 0. The Bertz CT molecular complexity index is 386. The van der Waals surface area contributed by atoms with Gasteiger partial charge in [-0.2, -0.15) is 0 Å². The first kappa shape index (κ1) is 15.8. The summed E-state index contributed by atoms with van der Waals surface area (Å²) in [5.41, 5.74) is 2.59. The van der Waals surface area contributed by atoms with Crippen LogP contribution < -0.4 is 0 Å². The molecule has 0 saturated carbocycles. The summed E-state index contributed by atoms with van der Waals surface area (Å²) in [5, 5.41) is 0. The third-order valence-corrected chi connectivity index (χ3v) is 3.28. The second-order valence-corrected chi connectivity index (χ2v) is 5.64. The highest BCUT2D eigenvalue weighted by atomic mass is 14.0. The van der Waals surface area contributed by atoms with E-state index in [1.165, 1.54) is 50.5 Å². The normalized spacial score (nSPS) is 10.3. The van der Waals surface area contributed by atoms with Crippen LogP contribution in [0.25, 0.3) is 0 Å². The molecule has 0 unspecified atom stereocenters. The van der Waals surface area contributed by atoms with E-state index < -0.39 is 0 Å². The molecular formula is C19H28. The van der Waals surface area contributed by atoms with Gasteiger partial charge < -0.3 is 0 Å². The molecule has 0 amide bonds. The van der Waals surface area contributed by atoms with Crippen LogP contribution in [0.15, 0.2) is 24.3 Å². The van der Waals surface area contributed by atoms with Gasteiger partial charge in [-0.25, -0.2) is 0 Å². The molecule has 104 valence electrons. The standard InChI is InChI=1S/C19H28/c1-4-5-6-7-8-9-10-18-13-15-19(16-14-18)12-11-17(2)3/h13-17H,4-10H2,1-3H3. The van der Waals surface area contributed by atoms with Crippen LogP contribution in [0.3, 0.4) is 0 Å². The van der Waals surface area contributed by atoms with Crippen molar-refractivity contribution in [3.8, 4) is 11.8 Å². The molecule has 0 atom stereocenters. The lowest BCUT2D eigenvalue weighted by Gasteiger charge is -2.02. The average molecular weight is 256 g/mol. The molecule has 0 saturated heterocycles. The minimum atomic E-state index is 0.447. The predicted molar refractivity (Wildman–Crippen MR) is 85.2 cm³/mol. The molecular weight excluding hydrogens is 228 g/mol. The third-order valence-electron chi connectivity index (χ3n) is 3.28. The van der Waals surface area contributed by atoms with Gasteiger partial charge in [-0.1, -0.05) is 76.8 Å². The first-order chi connectivity index (χ1) is 9.22. The molecule has 19 heavy (non-hydrogen) atoms. The summed E-state index contributed by atoms with van der Waals surface area (Å²) in [6.07, 6.45) is 9.42. The molecule has 1 rings (SSSR count). The summed E-state index contributed by atoms with van der Waals surface area (Å²) in [6, 6.07) is 8.77. The molecule has 0 heterocycles. The number of benzene rings is 1. The van der Waals surface area contributed by atoms with Gasteiger partial charge in [0.05, 0.1) is 0 Å². The highest BCUT2D eigenvalue weighted by Gasteiger charge is 1.95. The highest BCUT2D eigenvalue weighted by Crippen LogP contribution is 2.10. The topological polar surface area (TPSA) is 0 Å². The molecule has 0 radical (unpaired) electrons. The fraction of sp³-hybridized carbons (Fsp3) is 0.579. The van der Waals surface area contributed by atoms with Crippen LogP contribution in [0.1, 0.15) is 70.4 Å². The lowest BCUT2D eigenvalue weighted by Crippen LogP contribution is -1.87. The van der Waals surface area contributed by atoms with E-state index in [9.17, 15) is 0 Å². The van der Waals surface area contributed by atoms with Crippen molar-refractivity contribution < 1.29 is 0 Å². The maximum atomic E-state index is 3.21. The monoisotopic (exact) mass is 256 g/mol. The minimum Gasteiger partial charge on any atom is -0.0951 e. The van der Waals surface area contributed by atoms with E-state index in [1.807, 2.05) is 0 Å². The van der Waals surface area contributed by atoms with Crippen LogP contribution in [0.2, 0.25) is 0 Å². The zero-order valence-electron chi connectivity index (χ0n) is 12.8. The van der Waals surface area contributed by atoms with Gasteiger partial charge in [-0.3, -0.25) is 0 Å². The zero-order valence-corrected chi connectivity index (χ0v) is 12.8. The highest BCUT2D eigenvalue weighted by molar-refractivity contribution is 5.36. The van der Waals surface area contributed by atoms with Gasteiger partial charge in [0.1, 0.15) is 0 Å². The molecule has 1 aromatic carbocycles. The molecule has 1 aromatic rings. The van der Waals surface area contributed by atoms with Crippen molar-refractivity contribution in [3.05, 3.63) is 35.4 Å². The van der Waals surface area contributed by atoms with E-state index in [1.54, 1.807) is 0 Å². The van der Waals surface area contributed by atoms with E-state index in [0.29, 0.717) is 5.92 Å². The fourth-order valence-electron chi connectivity index (χ4n) is 2.09. The summed E-state index contributed by atoms with van der Waals surface area (Å²) in [7, 11) is 0. The average Bonchev–Trinajstić information content (AvgIpc) is 2.41. The molecule has 0 aliphatic carbocycles. The SMILES string of the molecule is CCCCCCCCc1ccc(C#CC(C)C)cc1. The number of aryl methyl sites for hydroxylation is 1. The first-order valence-corrected chi connectivity index (χ1v) is 7.83. The summed E-state index contributed by atoms with van der Waals surface area (Å²) in [6.45, 7) is 6.52. The number of hydrogen-bond donors (Lipinski definition) is 0. The van der Waals surface area contributed by atoms with Gasteiger partial charge in [-0.05, 0) is 30.5 Å². The number of unbranched alkanes of at least 4 members (excludes halogenated alkanes) is 5. The third kappa shape index (κ3) is 7.73. The van der Waals surface area contributed by atoms with Crippen molar-refractivity contribution in [1.29, 1.82) is 0 Å². The van der Waals surface area contributed by atoms with Crippen molar-refractivity contribution in [2.75, 3.05) is 0 Å². The van der Waals surface area contributed by atoms with Crippen molar-refractivity contribution in [2.45, 2.75) is 65.7 Å². The Kier molecular flexibility index (Phi) is 8.07. The summed E-state index contributed by atoms with van der Waals surface area (Å²) >= 11 is 0. The Hall–Kier alpha value is -1.22. The lowest BCUT2D eigenvalue weighted by atomic mass is 10.0. The predicted octanol–water partition coefficient (Wildman–Crippen LogP) is 5.60. The second kappa shape index (κ2) is 9.68. The molecule has 0 N–H and O–H groups in total. The summed E-state index contributed by atoms with van der Waals surface area (Å²) in [5.74, 6) is 6.86. The minimum absolute atomic E-state index is 0.447. The van der Waals surface area contributed by atoms with Crippen molar-refractivity contribution in [1.82, 2.24) is 0 Å². The van der Waals surface area contributed by atoms with Crippen molar-refractivity contribution >= 4 is 0 Å². The van der Waals surface area contributed by atoms with Crippen LogP contribution in [-0.2, 0) is 6.42 Å². The van der Waals surface area contributed by atoms with Crippen molar-refractivity contribution in [2.24, 2.45) is 5.92 Å². The Morgan fingerprint density at radius 1 is 0.895 bits per heavy atom. The maximum absolute atomic E-state index is 3.21. The van der Waals surface area contributed by atoms with E-state index in [0.717, 1.165) is 5.56 Å². The quantitative estimate of drug-likeness (QED) is 0.440. The molecule has 0 bridgehead atoms. The molecule has 0 heteroatoms. The van der Waals surface area contributed by atoms with Crippen LogP contribution in [0.4, 0.5) is 0 Å². The van der Waals surface area contributed by atoms with Gasteiger partial charge in [-0.15, -0.1) is 0 Å². The van der Waals surface area contributed by atoms with E-state index in [4.69, 9.17) is 0 Å². The van der Waals surface area contributed by atoms with E-state index >= 15 is 0 Å². The van der Waals surface area contributed by atoms with Gasteiger partial charge >= 0.3 is 0 Å². The second-order valence-electron chi connectivity index (χ2n) is 5.64. The fourth-order valence-corrected chi connectivity index (χ4v) is 2.09. The first-order valence-electron chi connectivity index (χ1n) is 7.83. The lowest BCUT2D eigenvalue weighted by molar-refractivity contribution is 0.607. The van der Waals surface area contributed by atoms with Gasteiger partial charge in [0.2, 0.25) is 0 Å². The van der Waals surface area contributed by atoms with Crippen molar-refractivity contribution in [3.63, 3.8) is 0 Å². The molecule has 0 nitrogen and oxygen atoms in total. The van der Waals surface area contributed by atoms with Crippen LogP contribution in [0, 0.1) is 17.8 Å². The van der Waals surface area contributed by atoms with Crippen LogP contribution in [0.5, 0.6) is 0 Å². The molecule has 0 spiro atoms. The largest absolute Gasteiger partial charge is 0.0951 e. The van der Waals surface area contributed by atoms with Gasteiger partial charge in [0.15, 0.2) is 0 Å². The molecule has 0 aromatic heterocycles. The van der Waals surface area contributed by atoms with Crippen LogP contribution >= 0.6 is 0 Å². The Morgan fingerprint density at radius 2 is 1.53 bits per heavy atom. The maximum Gasteiger partial charge on any atom is 0.0245 e. The summed E-state index contributed by atoms with van der Waals surface area (Å²) in [4.78, 5) is 0. The Balaban J connectivity index is 2.27. The van der Waals surface area contributed by atoms with Gasteiger partial charge in [0.25, 0.3) is 0 Å². The van der Waals surface area contributed by atoms with E-state index in [-0.39, 0.29) is 0 Å². The molecule has 0 aliphatic heterocycles. The number of rotatable bonds is 7. The molecule has 0 fully saturated rings. The van der Waals surface area contributed by atoms with Crippen LogP contribution in [-0.4, -0.2) is 0 Å².